The summed E-state index contributed by atoms with van der Waals surface area (Å²) in [4.78, 5) is 0. The van der Waals surface area contributed by atoms with Gasteiger partial charge in [-0.05, 0) is 23.6 Å². The summed E-state index contributed by atoms with van der Waals surface area (Å²) < 4.78 is 74.8. The lowest BCUT2D eigenvalue weighted by atomic mass is 9.95. The molecule has 1 rings (SSSR count). The average Bonchev–Trinajstić information content (AvgIpc) is 2.14. The smallest absolute Gasteiger partial charge is 0.166 e. The summed E-state index contributed by atoms with van der Waals surface area (Å²) in [7, 11) is 0. The number of benzene rings is 1. The molecule has 0 bridgehead atoms. The molecule has 6 heteroatoms. The molecule has 0 saturated heterocycles. The molecule has 0 amide bonds. The van der Waals surface area contributed by atoms with E-state index >= 15 is 0 Å². The molecule has 0 aliphatic carbocycles. The molecule has 1 aromatic carbocycles. The van der Waals surface area contributed by atoms with Gasteiger partial charge in [0.15, 0.2) is 0 Å². The molecule has 0 saturated carbocycles. The van der Waals surface area contributed by atoms with Crippen molar-refractivity contribution in [3.05, 3.63) is 34.9 Å². The van der Waals surface area contributed by atoms with Crippen LogP contribution in [0.25, 0.3) is 0 Å². The van der Waals surface area contributed by atoms with E-state index in [2.05, 4.69) is 0 Å². The molecule has 0 aromatic heterocycles. The van der Waals surface area contributed by atoms with Gasteiger partial charge in [0.25, 0.3) is 0 Å². The van der Waals surface area contributed by atoms with Crippen molar-refractivity contribution in [1.82, 2.24) is 0 Å². The second-order valence-electron chi connectivity index (χ2n) is 3.95. The zero-order chi connectivity index (χ0) is 13.4. The Morgan fingerprint density at radius 3 is 1.76 bits per heavy atom. The molecule has 0 fully saturated rings. The van der Waals surface area contributed by atoms with Gasteiger partial charge in [-0.2, -0.15) is 26.3 Å². The predicted molar refractivity (Wildman–Crippen MR) is 50.5 cm³/mol. The van der Waals surface area contributed by atoms with E-state index < -0.39 is 29.4 Å². The van der Waals surface area contributed by atoms with Crippen LogP contribution in [0.5, 0.6) is 0 Å². The van der Waals surface area contributed by atoms with Gasteiger partial charge in [0.2, 0.25) is 0 Å². The third kappa shape index (κ3) is 3.14. The molecule has 0 aliphatic rings. The highest BCUT2D eigenvalue weighted by atomic mass is 19.4. The van der Waals surface area contributed by atoms with Gasteiger partial charge in [0, 0.05) is 0 Å². The highest BCUT2D eigenvalue weighted by Crippen LogP contribution is 2.39. The first-order valence-corrected chi connectivity index (χ1v) is 4.82. The van der Waals surface area contributed by atoms with E-state index in [1.54, 1.807) is 0 Å². The largest absolute Gasteiger partial charge is 0.416 e. The summed E-state index contributed by atoms with van der Waals surface area (Å²) in [6.07, 6.45) is -9.55. The predicted octanol–water partition coefficient (Wildman–Crippen LogP) is 4.85. The monoisotopic (exact) mass is 256 g/mol. The van der Waals surface area contributed by atoms with Crippen molar-refractivity contribution in [2.24, 2.45) is 0 Å². The van der Waals surface area contributed by atoms with Gasteiger partial charge in [0.1, 0.15) is 0 Å². The van der Waals surface area contributed by atoms with Crippen LogP contribution in [-0.4, -0.2) is 0 Å². The number of rotatable bonds is 1. The van der Waals surface area contributed by atoms with Crippen LogP contribution < -0.4 is 0 Å². The fraction of sp³-hybridized carbons (Fsp3) is 0.455. The highest BCUT2D eigenvalue weighted by Gasteiger charge is 2.38. The second-order valence-corrected chi connectivity index (χ2v) is 3.95. The quantitative estimate of drug-likeness (QED) is 0.630. The Kier molecular flexibility index (Phi) is 3.45. The minimum absolute atomic E-state index is 0.134. The molecule has 0 radical (unpaired) electrons. The topological polar surface area (TPSA) is 0 Å². The van der Waals surface area contributed by atoms with Crippen LogP contribution in [0.15, 0.2) is 18.2 Å². The molecule has 96 valence electrons. The fourth-order valence-electron chi connectivity index (χ4n) is 1.48. The molecule has 1 aromatic rings. The molecular weight excluding hydrogens is 246 g/mol. The van der Waals surface area contributed by atoms with Crippen LogP contribution in [0, 0.1) is 0 Å². The van der Waals surface area contributed by atoms with E-state index in [4.69, 9.17) is 0 Å². The van der Waals surface area contributed by atoms with E-state index in [1.165, 1.54) is 13.8 Å². The lowest BCUT2D eigenvalue weighted by molar-refractivity contribution is -0.143. The molecule has 0 N–H and O–H groups in total. The standard InChI is InChI=1S/C11H10F6/c1-6(2)8-4-3-7(10(12,13)14)5-9(8)11(15,16)17/h3-6H,1-2H3. The molecule has 0 atom stereocenters. The first-order chi connectivity index (χ1) is 7.53. The lowest BCUT2D eigenvalue weighted by Crippen LogP contribution is -2.14. The zero-order valence-corrected chi connectivity index (χ0v) is 9.08. The Balaban J connectivity index is 3.41. The summed E-state index contributed by atoms with van der Waals surface area (Å²) in [6, 6.07) is 1.72. The first kappa shape index (κ1) is 13.9. The van der Waals surface area contributed by atoms with Crippen LogP contribution in [0.2, 0.25) is 0 Å². The Hall–Kier alpha value is -1.20. The van der Waals surface area contributed by atoms with Crippen molar-refractivity contribution >= 4 is 0 Å². The second kappa shape index (κ2) is 4.23. The van der Waals surface area contributed by atoms with Crippen LogP contribution in [-0.2, 0) is 12.4 Å². The minimum Gasteiger partial charge on any atom is -0.166 e. The normalized spacial score (nSPS) is 13.2. The highest BCUT2D eigenvalue weighted by molar-refractivity contribution is 5.37. The third-order valence-corrected chi connectivity index (χ3v) is 2.31. The van der Waals surface area contributed by atoms with Gasteiger partial charge in [-0.1, -0.05) is 19.9 Å². The minimum atomic E-state index is -4.78. The number of hydrogen-bond acceptors (Lipinski definition) is 0. The van der Waals surface area contributed by atoms with Crippen LogP contribution in [0.1, 0.15) is 36.5 Å². The van der Waals surface area contributed by atoms with E-state index in [0.717, 1.165) is 6.07 Å². The molecule has 0 unspecified atom stereocenters. The SMILES string of the molecule is CC(C)c1ccc(C(F)(F)F)cc1C(F)(F)F. The van der Waals surface area contributed by atoms with E-state index in [-0.39, 0.29) is 11.6 Å². The van der Waals surface area contributed by atoms with Crippen molar-refractivity contribution in [2.75, 3.05) is 0 Å². The summed E-state index contributed by atoms with van der Waals surface area (Å²) >= 11 is 0. The Bertz CT molecular complexity index is 399. The Labute approximate surface area is 94.2 Å². The summed E-state index contributed by atoms with van der Waals surface area (Å²) in [5.41, 5.74) is -2.64. The summed E-state index contributed by atoms with van der Waals surface area (Å²) in [6.45, 7) is 3.00. The maximum Gasteiger partial charge on any atom is 0.416 e. The van der Waals surface area contributed by atoms with E-state index in [0.29, 0.717) is 6.07 Å². The molecule has 0 nitrogen and oxygen atoms in total. The van der Waals surface area contributed by atoms with E-state index in [1.807, 2.05) is 0 Å². The first-order valence-electron chi connectivity index (χ1n) is 4.82. The van der Waals surface area contributed by atoms with Crippen molar-refractivity contribution in [3.8, 4) is 0 Å². The third-order valence-electron chi connectivity index (χ3n) is 2.31. The summed E-state index contributed by atoms with van der Waals surface area (Å²) in [5.74, 6) is -0.492. The zero-order valence-electron chi connectivity index (χ0n) is 9.08. The van der Waals surface area contributed by atoms with Crippen LogP contribution >= 0.6 is 0 Å². The molecule has 0 heterocycles. The van der Waals surface area contributed by atoms with Crippen LogP contribution in [0.4, 0.5) is 26.3 Å². The van der Waals surface area contributed by atoms with Crippen molar-refractivity contribution < 1.29 is 26.3 Å². The number of hydrogen-bond donors (Lipinski definition) is 0. The van der Waals surface area contributed by atoms with Crippen molar-refractivity contribution in [2.45, 2.75) is 32.1 Å². The summed E-state index contributed by atoms with van der Waals surface area (Å²) in [5, 5.41) is 0. The van der Waals surface area contributed by atoms with Gasteiger partial charge in [0.05, 0.1) is 11.1 Å². The number of halogens is 6. The van der Waals surface area contributed by atoms with Gasteiger partial charge in [-0.3, -0.25) is 0 Å². The van der Waals surface area contributed by atoms with E-state index in [9.17, 15) is 26.3 Å². The van der Waals surface area contributed by atoms with Crippen molar-refractivity contribution in [1.29, 1.82) is 0 Å². The molecule has 0 spiro atoms. The fourth-order valence-corrected chi connectivity index (χ4v) is 1.48. The molecule has 0 aliphatic heterocycles. The van der Waals surface area contributed by atoms with Gasteiger partial charge in [-0.15, -0.1) is 0 Å². The molecule has 17 heavy (non-hydrogen) atoms. The van der Waals surface area contributed by atoms with Gasteiger partial charge in [-0.25, -0.2) is 0 Å². The Morgan fingerprint density at radius 1 is 0.882 bits per heavy atom. The van der Waals surface area contributed by atoms with Crippen molar-refractivity contribution in [3.63, 3.8) is 0 Å². The van der Waals surface area contributed by atoms with Gasteiger partial charge >= 0.3 is 12.4 Å². The van der Waals surface area contributed by atoms with Gasteiger partial charge < -0.3 is 0 Å². The maximum absolute atomic E-state index is 12.6. The Morgan fingerprint density at radius 2 is 1.41 bits per heavy atom. The lowest BCUT2D eigenvalue weighted by Gasteiger charge is -2.17. The number of alkyl halides is 6. The van der Waals surface area contributed by atoms with Crippen LogP contribution in [0.3, 0.4) is 0 Å². The molecular formula is C11H10F6. The maximum atomic E-state index is 12.6. The average molecular weight is 256 g/mol.